The highest BCUT2D eigenvalue weighted by molar-refractivity contribution is 5.84. The number of amides is 1. The van der Waals surface area contributed by atoms with Crippen LogP contribution in [0.1, 0.15) is 0 Å². The van der Waals surface area contributed by atoms with Gasteiger partial charge in [-0.2, -0.15) is 0 Å². The lowest BCUT2D eigenvalue weighted by atomic mass is 10.1. The Bertz CT molecular complexity index is 737. The van der Waals surface area contributed by atoms with E-state index in [9.17, 15) is 4.79 Å². The molecule has 0 spiro atoms. The van der Waals surface area contributed by atoms with Crippen LogP contribution in [0.15, 0.2) is 42.5 Å². The number of benzene rings is 2. The molecule has 1 amide bonds. The van der Waals surface area contributed by atoms with E-state index in [4.69, 9.17) is 14.6 Å². The van der Waals surface area contributed by atoms with Crippen molar-refractivity contribution in [3.05, 3.63) is 42.5 Å². The number of carbonyl (C=O) groups excluding carboxylic acids is 1. The summed E-state index contributed by atoms with van der Waals surface area (Å²) in [5.41, 5.74) is 0. The zero-order valence-corrected chi connectivity index (χ0v) is 15.1. The molecule has 6 nitrogen and oxygen atoms in total. The smallest absolute Gasteiger partial charge is 0.260 e. The maximum atomic E-state index is 12.7. The van der Waals surface area contributed by atoms with E-state index >= 15 is 0 Å². The Morgan fingerprint density at radius 3 is 2.92 bits per heavy atom. The topological polar surface area (TPSA) is 62.2 Å². The van der Waals surface area contributed by atoms with E-state index in [0.717, 1.165) is 10.8 Å². The van der Waals surface area contributed by atoms with E-state index in [0.29, 0.717) is 38.6 Å². The van der Waals surface area contributed by atoms with Crippen LogP contribution in [-0.2, 0) is 9.53 Å². The second-order valence-corrected chi connectivity index (χ2v) is 6.60. The number of morpholine rings is 1. The Balaban J connectivity index is 1.59. The summed E-state index contributed by atoms with van der Waals surface area (Å²) in [7, 11) is 1.93. The number of ether oxygens (including phenoxy) is 2. The van der Waals surface area contributed by atoms with Crippen molar-refractivity contribution in [2.75, 3.05) is 53.1 Å². The number of likely N-dealkylation sites (N-methyl/N-ethyl adjacent to an activating group) is 1. The normalized spacial score (nSPS) is 17.7. The molecule has 26 heavy (non-hydrogen) atoms. The van der Waals surface area contributed by atoms with Gasteiger partial charge >= 0.3 is 0 Å². The fraction of sp³-hybridized carbons (Fsp3) is 0.450. The van der Waals surface area contributed by atoms with Crippen LogP contribution in [0.3, 0.4) is 0 Å². The minimum Gasteiger partial charge on any atom is -0.484 e. The maximum absolute atomic E-state index is 12.7. The molecule has 0 saturated carbocycles. The summed E-state index contributed by atoms with van der Waals surface area (Å²) in [6.45, 7) is 2.98. The molecule has 1 atom stereocenters. The van der Waals surface area contributed by atoms with Crippen molar-refractivity contribution in [3.63, 3.8) is 0 Å². The molecule has 1 aliphatic heterocycles. The van der Waals surface area contributed by atoms with Gasteiger partial charge in [-0.25, -0.2) is 0 Å². The lowest BCUT2D eigenvalue weighted by Crippen LogP contribution is -2.54. The van der Waals surface area contributed by atoms with Crippen LogP contribution in [0, 0.1) is 0 Å². The van der Waals surface area contributed by atoms with Gasteiger partial charge in [0.05, 0.1) is 25.9 Å². The van der Waals surface area contributed by atoms with Crippen molar-refractivity contribution in [2.24, 2.45) is 0 Å². The van der Waals surface area contributed by atoms with Crippen molar-refractivity contribution >= 4 is 16.7 Å². The Labute approximate surface area is 153 Å². The van der Waals surface area contributed by atoms with Gasteiger partial charge < -0.3 is 24.4 Å². The Morgan fingerprint density at radius 2 is 2.12 bits per heavy atom. The van der Waals surface area contributed by atoms with E-state index < -0.39 is 0 Å². The summed E-state index contributed by atoms with van der Waals surface area (Å²) in [6.07, 6.45) is 0. The Kier molecular flexibility index (Phi) is 6.44. The third kappa shape index (κ3) is 4.72. The second-order valence-electron chi connectivity index (χ2n) is 6.60. The predicted octanol–water partition coefficient (Wildman–Crippen LogP) is 1.37. The van der Waals surface area contributed by atoms with Crippen LogP contribution in [0.25, 0.3) is 10.8 Å². The summed E-state index contributed by atoms with van der Waals surface area (Å²) in [5.74, 6) is 0.656. The summed E-state index contributed by atoms with van der Waals surface area (Å²) in [6, 6.07) is 13.9. The molecule has 0 radical (unpaired) electrons. The van der Waals surface area contributed by atoms with Crippen molar-refractivity contribution in [1.29, 1.82) is 0 Å². The molecule has 3 rings (SSSR count). The average Bonchev–Trinajstić information content (AvgIpc) is 2.66. The molecule has 1 heterocycles. The highest BCUT2D eigenvalue weighted by atomic mass is 16.5. The average molecular weight is 358 g/mol. The fourth-order valence-corrected chi connectivity index (χ4v) is 3.24. The first kappa shape index (κ1) is 18.6. The number of aliphatic hydroxyl groups is 1. The first-order valence-corrected chi connectivity index (χ1v) is 8.95. The zero-order valence-electron chi connectivity index (χ0n) is 15.1. The molecular weight excluding hydrogens is 332 g/mol. The second kappa shape index (κ2) is 8.98. The van der Waals surface area contributed by atoms with Crippen LogP contribution in [0.5, 0.6) is 5.75 Å². The quantitative estimate of drug-likeness (QED) is 0.810. The monoisotopic (exact) mass is 358 g/mol. The van der Waals surface area contributed by atoms with Crippen molar-refractivity contribution < 1.29 is 19.4 Å². The fourth-order valence-electron chi connectivity index (χ4n) is 3.24. The number of hydrogen-bond acceptors (Lipinski definition) is 5. The first-order chi connectivity index (χ1) is 12.7. The minimum absolute atomic E-state index is 0.0125. The Morgan fingerprint density at radius 1 is 1.31 bits per heavy atom. The number of fused-ring (bicyclic) bond motifs is 1. The van der Waals surface area contributed by atoms with Crippen molar-refractivity contribution in [3.8, 4) is 5.75 Å². The highest BCUT2D eigenvalue weighted by Crippen LogP contribution is 2.20. The molecular formula is C20H26N2O4. The summed E-state index contributed by atoms with van der Waals surface area (Å²) >= 11 is 0. The van der Waals surface area contributed by atoms with Gasteiger partial charge in [0.25, 0.3) is 5.91 Å². The molecule has 6 heteroatoms. The van der Waals surface area contributed by atoms with E-state index in [1.807, 2.05) is 59.3 Å². The zero-order chi connectivity index (χ0) is 18.4. The molecule has 2 aromatic carbocycles. The van der Waals surface area contributed by atoms with Crippen LogP contribution >= 0.6 is 0 Å². The van der Waals surface area contributed by atoms with Crippen LogP contribution in [0.4, 0.5) is 0 Å². The van der Waals surface area contributed by atoms with E-state index in [1.165, 1.54) is 0 Å². The van der Waals surface area contributed by atoms with Gasteiger partial charge in [0.1, 0.15) is 5.75 Å². The third-order valence-corrected chi connectivity index (χ3v) is 4.64. The van der Waals surface area contributed by atoms with E-state index in [-0.39, 0.29) is 25.2 Å². The van der Waals surface area contributed by atoms with Gasteiger partial charge in [0.15, 0.2) is 6.61 Å². The lowest BCUT2D eigenvalue weighted by molar-refractivity contribution is -0.142. The number of carbonyl (C=O) groups is 1. The number of hydrogen-bond donors (Lipinski definition) is 1. The molecule has 2 aromatic rings. The SMILES string of the molecule is CN(CCO)CC1COCCN1C(=O)COc1ccc2ccccc2c1. The molecule has 0 aliphatic carbocycles. The molecule has 1 aliphatic rings. The highest BCUT2D eigenvalue weighted by Gasteiger charge is 2.28. The predicted molar refractivity (Wildman–Crippen MR) is 100 cm³/mol. The molecule has 0 bridgehead atoms. The van der Waals surface area contributed by atoms with Gasteiger partial charge in [-0.3, -0.25) is 4.79 Å². The summed E-state index contributed by atoms with van der Waals surface area (Å²) in [5, 5.41) is 11.3. The standard InChI is InChI=1S/C20H26N2O4/c1-21(8-10-23)13-18-14-25-11-9-22(18)20(24)15-26-19-7-6-16-4-2-3-5-17(16)12-19/h2-7,12,18,23H,8-11,13-15H2,1H3. The maximum Gasteiger partial charge on any atom is 0.260 e. The van der Waals surface area contributed by atoms with E-state index in [1.54, 1.807) is 0 Å². The molecule has 1 saturated heterocycles. The number of aliphatic hydroxyl groups excluding tert-OH is 1. The van der Waals surface area contributed by atoms with Gasteiger partial charge in [-0.05, 0) is 30.0 Å². The van der Waals surface area contributed by atoms with Crippen LogP contribution < -0.4 is 4.74 Å². The first-order valence-electron chi connectivity index (χ1n) is 8.95. The minimum atomic E-state index is -0.0381. The Hall–Kier alpha value is -2.15. The van der Waals surface area contributed by atoms with Crippen molar-refractivity contribution in [1.82, 2.24) is 9.80 Å². The summed E-state index contributed by atoms with van der Waals surface area (Å²) < 4.78 is 11.3. The molecule has 0 aromatic heterocycles. The van der Waals surface area contributed by atoms with Gasteiger partial charge in [0.2, 0.25) is 0 Å². The largest absolute Gasteiger partial charge is 0.484 e. The van der Waals surface area contributed by atoms with Gasteiger partial charge in [-0.15, -0.1) is 0 Å². The van der Waals surface area contributed by atoms with Crippen molar-refractivity contribution in [2.45, 2.75) is 6.04 Å². The lowest BCUT2D eigenvalue weighted by Gasteiger charge is -2.37. The van der Waals surface area contributed by atoms with Gasteiger partial charge in [-0.1, -0.05) is 30.3 Å². The van der Waals surface area contributed by atoms with Crippen LogP contribution in [0.2, 0.25) is 0 Å². The number of rotatable bonds is 7. The van der Waals surface area contributed by atoms with Gasteiger partial charge in [0, 0.05) is 19.6 Å². The summed E-state index contributed by atoms with van der Waals surface area (Å²) in [4.78, 5) is 16.5. The molecule has 1 N–H and O–H groups in total. The van der Waals surface area contributed by atoms with E-state index in [2.05, 4.69) is 0 Å². The molecule has 1 unspecified atom stereocenters. The molecule has 140 valence electrons. The number of nitrogens with zero attached hydrogens (tertiary/aromatic N) is 2. The van der Waals surface area contributed by atoms with Crippen LogP contribution in [-0.4, -0.2) is 80.0 Å². The molecule has 1 fully saturated rings. The third-order valence-electron chi connectivity index (χ3n) is 4.64.